The highest BCUT2D eigenvalue weighted by Crippen LogP contribution is 2.45. The minimum atomic E-state index is -0.508. The average Bonchev–Trinajstić information content (AvgIpc) is 3.23. The second kappa shape index (κ2) is 7.88. The van der Waals surface area contributed by atoms with Crippen molar-refractivity contribution in [1.82, 2.24) is 15.1 Å². The molecule has 4 rings (SSSR count). The molecule has 3 N–H and O–H groups in total. The lowest BCUT2D eigenvalue weighted by Gasteiger charge is -2.26. The number of aliphatic hydroxyl groups is 1. The van der Waals surface area contributed by atoms with E-state index in [0.717, 1.165) is 5.56 Å². The minimum Gasteiger partial charge on any atom is -0.507 e. The number of aromatic hydroxyl groups is 1. The molecular weight excluding hydrogens is 437 g/mol. The number of aliphatic hydroxyl groups excluding tert-OH is 1. The Morgan fingerprint density at radius 2 is 1.90 bits per heavy atom. The average molecular weight is 453 g/mol. The molecule has 0 saturated carbocycles. The van der Waals surface area contributed by atoms with Gasteiger partial charge in [0.25, 0.3) is 5.91 Å². The Labute approximate surface area is 181 Å². The number of hydrogen-bond acceptors (Lipinski definition) is 4. The van der Waals surface area contributed by atoms with Gasteiger partial charge in [0.2, 0.25) is 0 Å². The minimum absolute atomic E-state index is 0.00199. The topological polar surface area (TPSA) is 89.5 Å². The van der Waals surface area contributed by atoms with Crippen molar-refractivity contribution in [2.75, 3.05) is 13.2 Å². The molecule has 3 aromatic rings. The number of rotatable bonds is 5. The third kappa shape index (κ3) is 3.46. The molecule has 0 radical (unpaired) electrons. The Kier molecular flexibility index (Phi) is 5.44. The van der Waals surface area contributed by atoms with Gasteiger partial charge in [0.1, 0.15) is 17.1 Å². The van der Waals surface area contributed by atoms with Gasteiger partial charge < -0.3 is 15.1 Å². The number of halogens is 3. The highest BCUT2D eigenvalue weighted by Gasteiger charge is 2.42. The van der Waals surface area contributed by atoms with E-state index in [1.54, 1.807) is 35.2 Å². The monoisotopic (exact) mass is 451 g/mol. The molecule has 6 nitrogen and oxygen atoms in total. The summed E-state index contributed by atoms with van der Waals surface area (Å²) in [5.41, 5.74) is 2.53. The van der Waals surface area contributed by atoms with Gasteiger partial charge in [-0.15, -0.1) is 0 Å². The number of nitrogens with zero attached hydrogens (tertiary/aromatic N) is 2. The Balaban J connectivity index is 1.91. The van der Waals surface area contributed by atoms with Crippen LogP contribution < -0.4 is 0 Å². The molecule has 0 aliphatic carbocycles. The fourth-order valence-electron chi connectivity index (χ4n) is 3.60. The van der Waals surface area contributed by atoms with Gasteiger partial charge in [0.05, 0.1) is 16.1 Å². The van der Waals surface area contributed by atoms with E-state index >= 15 is 0 Å². The summed E-state index contributed by atoms with van der Waals surface area (Å²) in [4.78, 5) is 14.7. The molecule has 1 aliphatic heterocycles. The maximum atomic E-state index is 13.1. The molecule has 1 amide bonds. The molecule has 2 aromatic carbocycles. The van der Waals surface area contributed by atoms with Crippen molar-refractivity contribution in [2.45, 2.75) is 12.5 Å². The first kappa shape index (κ1) is 20.0. The van der Waals surface area contributed by atoms with Gasteiger partial charge in [0.15, 0.2) is 0 Å². The summed E-state index contributed by atoms with van der Waals surface area (Å²) in [5, 5.41) is 27.9. The Morgan fingerprint density at radius 1 is 1.10 bits per heavy atom. The van der Waals surface area contributed by atoms with E-state index in [9.17, 15) is 15.0 Å². The number of benzene rings is 2. The number of carbonyl (C=O) groups excluding carboxylic acids is 1. The number of fused-ring (bicyclic) bond motifs is 1. The fourth-order valence-corrected chi connectivity index (χ4v) is 4.08. The number of phenolic OH excluding ortho intramolecular Hbond substituents is 1. The lowest BCUT2D eigenvalue weighted by molar-refractivity contribution is 0.0732. The highest BCUT2D eigenvalue weighted by atomic mass is 35.5. The van der Waals surface area contributed by atoms with Crippen LogP contribution in [-0.2, 0) is 0 Å². The first-order chi connectivity index (χ1) is 13.9. The maximum absolute atomic E-state index is 13.1. The van der Waals surface area contributed by atoms with Crippen molar-refractivity contribution in [2.24, 2.45) is 0 Å². The van der Waals surface area contributed by atoms with Crippen LogP contribution in [0.3, 0.4) is 0 Å². The molecule has 9 heteroatoms. The summed E-state index contributed by atoms with van der Waals surface area (Å²) < 4.78 is 0. The van der Waals surface area contributed by atoms with Crippen LogP contribution in [0.1, 0.15) is 34.1 Å². The predicted octanol–water partition coefficient (Wildman–Crippen LogP) is 4.67. The van der Waals surface area contributed by atoms with Crippen molar-refractivity contribution >= 4 is 40.7 Å². The van der Waals surface area contributed by atoms with Crippen molar-refractivity contribution in [3.8, 4) is 17.0 Å². The summed E-state index contributed by atoms with van der Waals surface area (Å²) in [7, 11) is 0. The fraction of sp³-hybridized carbons (Fsp3) is 0.200. The van der Waals surface area contributed by atoms with Crippen molar-refractivity contribution in [3.63, 3.8) is 0 Å². The van der Waals surface area contributed by atoms with Crippen LogP contribution in [0.4, 0.5) is 0 Å². The normalized spacial score (nSPS) is 15.8. The molecule has 0 saturated heterocycles. The van der Waals surface area contributed by atoms with Gasteiger partial charge in [0, 0.05) is 29.3 Å². The molecule has 2 heterocycles. The molecule has 0 spiro atoms. The summed E-state index contributed by atoms with van der Waals surface area (Å²) in [6.45, 7) is 0.287. The smallest absolute Gasteiger partial charge is 0.273 e. The van der Waals surface area contributed by atoms with Crippen LogP contribution in [0.5, 0.6) is 5.75 Å². The lowest BCUT2D eigenvalue weighted by atomic mass is 9.95. The van der Waals surface area contributed by atoms with Crippen LogP contribution in [0.2, 0.25) is 15.1 Å². The molecule has 1 unspecified atom stereocenters. The van der Waals surface area contributed by atoms with E-state index < -0.39 is 6.04 Å². The first-order valence-electron chi connectivity index (χ1n) is 8.86. The van der Waals surface area contributed by atoms with Gasteiger partial charge in [-0.3, -0.25) is 9.89 Å². The van der Waals surface area contributed by atoms with Crippen LogP contribution in [0.15, 0.2) is 36.4 Å². The number of aromatic amines is 1. The number of nitrogens with one attached hydrogen (secondary N) is 1. The lowest BCUT2D eigenvalue weighted by Crippen LogP contribution is -2.31. The predicted molar refractivity (Wildman–Crippen MR) is 112 cm³/mol. The van der Waals surface area contributed by atoms with E-state index in [1.165, 1.54) is 6.07 Å². The zero-order valence-electron chi connectivity index (χ0n) is 15.0. The number of hydrogen-bond donors (Lipinski definition) is 3. The maximum Gasteiger partial charge on any atom is 0.273 e. The van der Waals surface area contributed by atoms with Crippen LogP contribution in [0.25, 0.3) is 11.3 Å². The first-order valence-corrected chi connectivity index (χ1v) is 9.99. The Hall–Kier alpha value is -2.25. The van der Waals surface area contributed by atoms with Gasteiger partial charge in [-0.2, -0.15) is 5.10 Å². The summed E-state index contributed by atoms with van der Waals surface area (Å²) in [6.07, 6.45) is 0.416. The second-order valence-electron chi connectivity index (χ2n) is 6.67. The van der Waals surface area contributed by atoms with Gasteiger partial charge >= 0.3 is 0 Å². The summed E-state index contributed by atoms with van der Waals surface area (Å²) in [5.74, 6) is -0.248. The van der Waals surface area contributed by atoms with Crippen LogP contribution >= 0.6 is 34.8 Å². The van der Waals surface area contributed by atoms with E-state index in [2.05, 4.69) is 10.2 Å². The van der Waals surface area contributed by atoms with Crippen molar-refractivity contribution in [3.05, 3.63) is 68.3 Å². The molecule has 29 heavy (non-hydrogen) atoms. The number of amides is 1. The molecule has 0 fully saturated rings. The van der Waals surface area contributed by atoms with Gasteiger partial charge in [-0.25, -0.2) is 0 Å². The molecule has 1 atom stereocenters. The van der Waals surface area contributed by atoms with E-state index in [0.29, 0.717) is 50.5 Å². The number of phenols is 1. The third-order valence-electron chi connectivity index (χ3n) is 4.89. The van der Waals surface area contributed by atoms with Gasteiger partial charge in [-0.05, 0) is 42.3 Å². The standard InChI is InChI=1S/C20H16Cl3N3O3/c21-11-3-5-15(28)12(9-11)17-16-18(25-24-17)20(29)26(6-1-7-27)19(16)10-2-4-13(22)14(23)8-10/h2-5,8-9,19,27-28H,1,6-7H2,(H,24,25). The molecule has 150 valence electrons. The zero-order chi connectivity index (χ0) is 20.7. The van der Waals surface area contributed by atoms with Gasteiger partial charge in [-0.1, -0.05) is 40.9 Å². The highest BCUT2D eigenvalue weighted by molar-refractivity contribution is 6.42. The van der Waals surface area contributed by atoms with Crippen molar-refractivity contribution in [1.29, 1.82) is 0 Å². The Bertz CT molecular complexity index is 1100. The van der Waals surface area contributed by atoms with Crippen LogP contribution in [0, 0.1) is 0 Å². The number of aromatic nitrogens is 2. The molecule has 1 aliphatic rings. The zero-order valence-corrected chi connectivity index (χ0v) is 17.3. The largest absolute Gasteiger partial charge is 0.507 e. The SMILES string of the molecule is O=C1c2[nH]nc(-c3cc(Cl)ccc3O)c2C(c2ccc(Cl)c(Cl)c2)N1CCCO. The third-order valence-corrected chi connectivity index (χ3v) is 5.87. The second-order valence-corrected chi connectivity index (χ2v) is 7.92. The van der Waals surface area contributed by atoms with Crippen molar-refractivity contribution < 1.29 is 15.0 Å². The number of carbonyl (C=O) groups is 1. The Morgan fingerprint density at radius 3 is 2.62 bits per heavy atom. The van der Waals surface area contributed by atoms with E-state index in [4.69, 9.17) is 34.8 Å². The summed E-state index contributed by atoms with van der Waals surface area (Å²) >= 11 is 18.4. The molecular formula is C20H16Cl3N3O3. The molecule has 0 bridgehead atoms. The summed E-state index contributed by atoms with van der Waals surface area (Å²) in [6, 6.07) is 9.31. The molecule has 1 aromatic heterocycles. The van der Waals surface area contributed by atoms with Crippen LogP contribution in [-0.4, -0.2) is 44.4 Å². The van der Waals surface area contributed by atoms with E-state index in [-0.39, 0.29) is 18.3 Å². The van der Waals surface area contributed by atoms with E-state index in [1.807, 2.05) is 0 Å². The number of H-pyrrole nitrogens is 1. The quantitative estimate of drug-likeness (QED) is 0.525.